The van der Waals surface area contributed by atoms with Crippen molar-refractivity contribution in [1.82, 2.24) is 5.32 Å². The molecule has 254 valence electrons. The molecule has 6 N–H and O–H groups in total. The molecule has 1 fully saturated rings. The first-order valence-corrected chi connectivity index (χ1v) is 17.4. The topological polar surface area (TPSA) is 149 Å². The van der Waals surface area contributed by atoms with Crippen LogP contribution in [0, 0.1) is 0 Å². The van der Waals surface area contributed by atoms with Crippen molar-refractivity contribution in [1.29, 1.82) is 0 Å². The van der Waals surface area contributed by atoms with Crippen molar-refractivity contribution in [2.24, 2.45) is 0 Å². The minimum atomic E-state index is -1.56. The molecule has 1 aliphatic rings. The van der Waals surface area contributed by atoms with Gasteiger partial charge < -0.3 is 40.3 Å². The average Bonchev–Trinajstić information content (AvgIpc) is 3.00. The van der Waals surface area contributed by atoms with E-state index in [4.69, 9.17) is 9.47 Å². The number of nitrogens with one attached hydrogen (secondary N) is 1. The highest BCUT2D eigenvalue weighted by Gasteiger charge is 2.44. The van der Waals surface area contributed by atoms with Gasteiger partial charge in [0, 0.05) is 6.42 Å². The van der Waals surface area contributed by atoms with Crippen LogP contribution in [0.5, 0.6) is 0 Å². The van der Waals surface area contributed by atoms with E-state index in [1.165, 1.54) is 83.5 Å². The van der Waals surface area contributed by atoms with Crippen LogP contribution in [0.2, 0.25) is 0 Å². The summed E-state index contributed by atoms with van der Waals surface area (Å²) in [5.41, 5.74) is 0. The molecule has 0 bridgehead atoms. The van der Waals surface area contributed by atoms with E-state index in [0.717, 1.165) is 38.5 Å². The van der Waals surface area contributed by atoms with Gasteiger partial charge in [-0.25, -0.2) is 0 Å². The second-order valence-electron chi connectivity index (χ2n) is 12.3. The van der Waals surface area contributed by atoms with Gasteiger partial charge in [0.25, 0.3) is 0 Å². The van der Waals surface area contributed by atoms with Crippen LogP contribution in [-0.2, 0) is 14.3 Å². The summed E-state index contributed by atoms with van der Waals surface area (Å²) in [6, 6.07) is -0.794. The summed E-state index contributed by atoms with van der Waals surface area (Å²) in [4.78, 5) is 12.7. The predicted octanol–water partition coefficient (Wildman–Crippen LogP) is 5.05. The Bertz CT molecular complexity index is 691. The molecule has 0 aromatic rings. The molecule has 9 nitrogen and oxygen atoms in total. The molecular formula is C34H65NO8. The lowest BCUT2D eigenvalue weighted by molar-refractivity contribution is -0.302. The number of carbonyl (C=O) groups excluding carboxylic acids is 1. The molecular weight excluding hydrogens is 550 g/mol. The number of rotatable bonds is 27. The summed E-state index contributed by atoms with van der Waals surface area (Å²) in [5, 5.41) is 53.6. The Morgan fingerprint density at radius 2 is 1.28 bits per heavy atom. The highest BCUT2D eigenvalue weighted by Crippen LogP contribution is 2.22. The maximum absolute atomic E-state index is 12.7. The number of allylic oxidation sites excluding steroid dienone is 1. The smallest absolute Gasteiger partial charge is 0.220 e. The van der Waals surface area contributed by atoms with Gasteiger partial charge in [-0.1, -0.05) is 129 Å². The fourth-order valence-electron chi connectivity index (χ4n) is 5.45. The second kappa shape index (κ2) is 26.2. The Hall–Kier alpha value is -1.07. The highest BCUT2D eigenvalue weighted by molar-refractivity contribution is 5.76. The molecule has 1 heterocycles. The minimum Gasteiger partial charge on any atom is -0.394 e. The lowest BCUT2D eigenvalue weighted by Crippen LogP contribution is -2.60. The van der Waals surface area contributed by atoms with E-state index in [-0.39, 0.29) is 12.5 Å². The van der Waals surface area contributed by atoms with Crippen LogP contribution < -0.4 is 5.32 Å². The number of hydrogen-bond donors (Lipinski definition) is 6. The third-order valence-electron chi connectivity index (χ3n) is 8.36. The van der Waals surface area contributed by atoms with E-state index in [0.29, 0.717) is 6.42 Å². The molecule has 0 spiro atoms. The Balaban J connectivity index is 2.53. The fourth-order valence-corrected chi connectivity index (χ4v) is 5.45. The average molecular weight is 616 g/mol. The molecule has 0 radical (unpaired) electrons. The first-order valence-electron chi connectivity index (χ1n) is 17.4. The number of ether oxygens (including phenoxy) is 2. The van der Waals surface area contributed by atoms with Crippen molar-refractivity contribution >= 4 is 5.91 Å². The van der Waals surface area contributed by atoms with Crippen molar-refractivity contribution in [3.05, 3.63) is 12.2 Å². The monoisotopic (exact) mass is 615 g/mol. The molecule has 7 atom stereocenters. The van der Waals surface area contributed by atoms with E-state index >= 15 is 0 Å². The zero-order chi connectivity index (χ0) is 31.7. The molecule has 0 aromatic heterocycles. The van der Waals surface area contributed by atoms with E-state index < -0.39 is 49.5 Å². The van der Waals surface area contributed by atoms with Crippen molar-refractivity contribution in [3.63, 3.8) is 0 Å². The standard InChI is InChI=1S/C34H65NO8/c1-3-5-7-9-11-13-14-16-17-19-21-23-28(37)27(26-42-34-33(41)32(40)31(39)29(25-36)43-34)35-30(38)24-22-20-18-15-12-10-8-6-4-2/h21,23,27-29,31-34,36-37,39-41H,3-20,22,24-26H2,1-2H3,(H,35,38)/b23-21+. The quantitative estimate of drug-likeness (QED) is 0.0556. The predicted molar refractivity (Wildman–Crippen MR) is 170 cm³/mol. The molecule has 7 unspecified atom stereocenters. The summed E-state index contributed by atoms with van der Waals surface area (Å²) in [7, 11) is 0. The van der Waals surface area contributed by atoms with Gasteiger partial charge in [0.1, 0.15) is 24.4 Å². The van der Waals surface area contributed by atoms with Crippen molar-refractivity contribution in [2.75, 3.05) is 13.2 Å². The SMILES string of the molecule is CCCCCCCCCCC/C=C/C(O)C(COC1OC(CO)C(O)C(O)C1O)NC(=O)CCCCCCCCCCC. The van der Waals surface area contributed by atoms with Crippen LogP contribution in [-0.4, -0.2) is 87.5 Å². The van der Waals surface area contributed by atoms with Crippen molar-refractivity contribution in [2.45, 2.75) is 185 Å². The third-order valence-corrected chi connectivity index (χ3v) is 8.36. The fraction of sp³-hybridized carbons (Fsp3) is 0.912. The van der Waals surface area contributed by atoms with E-state index in [9.17, 15) is 30.3 Å². The largest absolute Gasteiger partial charge is 0.394 e. The summed E-state index contributed by atoms with van der Waals surface area (Å²) >= 11 is 0. The molecule has 1 amide bonds. The van der Waals surface area contributed by atoms with E-state index in [1.54, 1.807) is 6.08 Å². The number of amides is 1. The van der Waals surface area contributed by atoms with Gasteiger partial charge in [-0.05, 0) is 19.3 Å². The highest BCUT2D eigenvalue weighted by atomic mass is 16.7. The zero-order valence-electron chi connectivity index (χ0n) is 27.2. The van der Waals surface area contributed by atoms with Gasteiger partial charge in [-0.15, -0.1) is 0 Å². The van der Waals surface area contributed by atoms with Gasteiger partial charge >= 0.3 is 0 Å². The number of carbonyl (C=O) groups is 1. The molecule has 1 rings (SSSR count). The number of aliphatic hydroxyl groups is 5. The maximum atomic E-state index is 12.7. The lowest BCUT2D eigenvalue weighted by Gasteiger charge is -2.40. The molecule has 0 aromatic carbocycles. The van der Waals surface area contributed by atoms with Crippen LogP contribution in [0.4, 0.5) is 0 Å². The number of hydrogen-bond acceptors (Lipinski definition) is 8. The van der Waals surface area contributed by atoms with Crippen LogP contribution in [0.15, 0.2) is 12.2 Å². The minimum absolute atomic E-state index is 0.184. The Kier molecular flexibility index (Phi) is 24.3. The van der Waals surface area contributed by atoms with E-state index in [2.05, 4.69) is 19.2 Å². The molecule has 0 aliphatic carbocycles. The molecule has 0 saturated carbocycles. The second-order valence-corrected chi connectivity index (χ2v) is 12.3. The zero-order valence-corrected chi connectivity index (χ0v) is 27.2. The number of aliphatic hydroxyl groups excluding tert-OH is 5. The summed E-state index contributed by atoms with van der Waals surface area (Å²) in [5.74, 6) is -0.184. The van der Waals surface area contributed by atoms with Crippen LogP contribution >= 0.6 is 0 Å². The van der Waals surface area contributed by atoms with Crippen LogP contribution in [0.3, 0.4) is 0 Å². The van der Waals surface area contributed by atoms with Gasteiger partial charge in [-0.2, -0.15) is 0 Å². The normalized spacial score (nSPS) is 23.9. The van der Waals surface area contributed by atoms with Gasteiger partial charge in [0.05, 0.1) is 25.4 Å². The Labute approximate surface area is 261 Å². The lowest BCUT2D eigenvalue weighted by atomic mass is 9.99. The maximum Gasteiger partial charge on any atom is 0.220 e. The Morgan fingerprint density at radius 3 is 1.81 bits per heavy atom. The Morgan fingerprint density at radius 1 is 0.767 bits per heavy atom. The van der Waals surface area contributed by atoms with E-state index in [1.807, 2.05) is 6.08 Å². The van der Waals surface area contributed by atoms with Gasteiger partial charge in [0.15, 0.2) is 6.29 Å². The summed E-state index contributed by atoms with van der Waals surface area (Å²) < 4.78 is 11.1. The van der Waals surface area contributed by atoms with Crippen LogP contribution in [0.1, 0.15) is 142 Å². The first-order chi connectivity index (χ1) is 20.8. The van der Waals surface area contributed by atoms with Gasteiger partial charge in [0.2, 0.25) is 5.91 Å². The molecule has 9 heteroatoms. The van der Waals surface area contributed by atoms with Crippen molar-refractivity contribution < 1.29 is 39.8 Å². The molecule has 43 heavy (non-hydrogen) atoms. The van der Waals surface area contributed by atoms with Gasteiger partial charge in [-0.3, -0.25) is 4.79 Å². The number of unbranched alkanes of at least 4 members (excludes halogenated alkanes) is 17. The molecule has 1 aliphatic heterocycles. The first kappa shape index (κ1) is 40.0. The summed E-state index contributed by atoms with van der Waals surface area (Å²) in [6.07, 6.45) is 18.3. The van der Waals surface area contributed by atoms with Crippen LogP contribution in [0.25, 0.3) is 0 Å². The van der Waals surface area contributed by atoms with Crippen molar-refractivity contribution in [3.8, 4) is 0 Å². The third kappa shape index (κ3) is 18.5. The molecule has 1 saturated heterocycles. The summed E-state index contributed by atoms with van der Waals surface area (Å²) in [6.45, 7) is 3.70.